The predicted octanol–water partition coefficient (Wildman–Crippen LogP) is 3.94. The molecule has 3 heterocycles. The molecule has 1 N–H and O–H groups in total. The molecule has 0 amide bonds. The molecule has 2 aromatic rings. The monoisotopic (exact) mass is 367 g/mol. The average molecular weight is 367 g/mol. The molecule has 0 spiro atoms. The van der Waals surface area contributed by atoms with Gasteiger partial charge in [0.1, 0.15) is 6.10 Å². The third-order valence-electron chi connectivity index (χ3n) is 5.54. The molecule has 0 unspecified atom stereocenters. The summed E-state index contributed by atoms with van der Waals surface area (Å²) in [5.41, 5.74) is 3.80. The van der Waals surface area contributed by atoms with Crippen molar-refractivity contribution in [2.45, 2.75) is 58.1 Å². The summed E-state index contributed by atoms with van der Waals surface area (Å²) in [6, 6.07) is 6.78. The lowest BCUT2D eigenvalue weighted by Gasteiger charge is -2.39. The lowest BCUT2D eigenvalue weighted by Crippen LogP contribution is -2.45. The van der Waals surface area contributed by atoms with Crippen LogP contribution in [-0.2, 0) is 4.74 Å². The van der Waals surface area contributed by atoms with E-state index in [9.17, 15) is 0 Å². The number of rotatable bonds is 4. The van der Waals surface area contributed by atoms with Crippen LogP contribution in [0.25, 0.3) is 0 Å². The molecule has 6 nitrogen and oxygen atoms in total. The number of nitrogens with one attached hydrogen (secondary N) is 1. The highest BCUT2D eigenvalue weighted by molar-refractivity contribution is 5.52. The standard InChI is InChI=1S/C21H29N5O/c1-15-12-16(2)24-21(23-15)25-17-8-9-19(22-13-17)20-14-26(10-11-27-20)18-6-4-3-5-7-18/h8-9,12-13,18,20H,3-7,10-11,14H2,1-2H3,(H,23,24,25)/t20-/m0/s1. The predicted molar refractivity (Wildman–Crippen MR) is 106 cm³/mol. The number of aromatic nitrogens is 3. The van der Waals surface area contributed by atoms with Gasteiger partial charge in [0, 0.05) is 30.5 Å². The molecule has 2 fully saturated rings. The van der Waals surface area contributed by atoms with Crippen LogP contribution in [0.5, 0.6) is 0 Å². The Labute approximate surface area is 161 Å². The fraction of sp³-hybridized carbons (Fsp3) is 0.571. The fourth-order valence-corrected chi connectivity index (χ4v) is 4.21. The van der Waals surface area contributed by atoms with Crippen LogP contribution < -0.4 is 5.32 Å². The summed E-state index contributed by atoms with van der Waals surface area (Å²) in [5.74, 6) is 0.611. The van der Waals surface area contributed by atoms with Gasteiger partial charge in [-0.05, 0) is 44.9 Å². The third kappa shape index (κ3) is 4.62. The molecule has 2 aliphatic rings. The zero-order valence-electron chi connectivity index (χ0n) is 16.3. The van der Waals surface area contributed by atoms with Crippen LogP contribution in [0.4, 0.5) is 11.6 Å². The maximum absolute atomic E-state index is 6.03. The highest BCUT2D eigenvalue weighted by Gasteiger charge is 2.28. The first kappa shape index (κ1) is 18.3. The van der Waals surface area contributed by atoms with Gasteiger partial charge in [0.25, 0.3) is 0 Å². The number of nitrogens with zero attached hydrogens (tertiary/aromatic N) is 4. The molecule has 0 bridgehead atoms. The fourth-order valence-electron chi connectivity index (χ4n) is 4.21. The van der Waals surface area contributed by atoms with E-state index >= 15 is 0 Å². The minimum Gasteiger partial charge on any atom is -0.369 e. The molecular formula is C21H29N5O. The van der Waals surface area contributed by atoms with Crippen LogP contribution in [0.3, 0.4) is 0 Å². The van der Waals surface area contributed by atoms with Gasteiger partial charge >= 0.3 is 0 Å². The van der Waals surface area contributed by atoms with Crippen molar-refractivity contribution in [3.63, 3.8) is 0 Å². The third-order valence-corrected chi connectivity index (χ3v) is 5.54. The van der Waals surface area contributed by atoms with Gasteiger partial charge < -0.3 is 10.1 Å². The number of aryl methyl sites for hydroxylation is 2. The molecule has 4 rings (SSSR count). The minimum atomic E-state index is 0.0622. The maximum Gasteiger partial charge on any atom is 0.227 e. The van der Waals surface area contributed by atoms with E-state index in [1.807, 2.05) is 32.2 Å². The Morgan fingerprint density at radius 2 is 1.85 bits per heavy atom. The van der Waals surface area contributed by atoms with Crippen LogP contribution in [0.1, 0.15) is 55.3 Å². The highest BCUT2D eigenvalue weighted by atomic mass is 16.5. The van der Waals surface area contributed by atoms with E-state index in [0.29, 0.717) is 5.95 Å². The van der Waals surface area contributed by atoms with E-state index < -0.39 is 0 Å². The molecule has 0 aromatic carbocycles. The Kier molecular flexibility index (Phi) is 5.64. The Morgan fingerprint density at radius 1 is 1.07 bits per heavy atom. The quantitative estimate of drug-likeness (QED) is 0.883. The Bertz CT molecular complexity index is 737. The molecule has 1 aliphatic carbocycles. The van der Waals surface area contributed by atoms with E-state index in [1.165, 1.54) is 32.1 Å². The van der Waals surface area contributed by atoms with Crippen molar-refractivity contribution in [2.24, 2.45) is 0 Å². The molecule has 1 aliphatic heterocycles. The Balaban J connectivity index is 1.40. The SMILES string of the molecule is Cc1cc(C)nc(Nc2ccc([C@@H]3CN(C4CCCCC4)CCO3)nc2)n1. The van der Waals surface area contributed by atoms with Crippen molar-refractivity contribution in [1.82, 2.24) is 19.9 Å². The molecule has 2 aromatic heterocycles. The zero-order chi connectivity index (χ0) is 18.6. The van der Waals surface area contributed by atoms with Crippen molar-refractivity contribution in [3.8, 4) is 0 Å². The van der Waals surface area contributed by atoms with Gasteiger partial charge in [-0.15, -0.1) is 0 Å². The molecule has 6 heteroatoms. The van der Waals surface area contributed by atoms with Gasteiger partial charge in [-0.3, -0.25) is 9.88 Å². The molecular weight excluding hydrogens is 338 g/mol. The summed E-state index contributed by atoms with van der Waals surface area (Å²) in [6.07, 6.45) is 8.70. The number of hydrogen-bond acceptors (Lipinski definition) is 6. The number of pyridine rings is 1. The Hall–Kier alpha value is -2.05. The van der Waals surface area contributed by atoms with Gasteiger partial charge in [-0.2, -0.15) is 0 Å². The molecule has 0 radical (unpaired) electrons. The van der Waals surface area contributed by atoms with E-state index in [0.717, 1.165) is 48.5 Å². The second-order valence-corrected chi connectivity index (χ2v) is 7.72. The largest absolute Gasteiger partial charge is 0.369 e. The van der Waals surface area contributed by atoms with Crippen molar-refractivity contribution in [1.29, 1.82) is 0 Å². The summed E-state index contributed by atoms with van der Waals surface area (Å²) in [4.78, 5) is 16.1. The summed E-state index contributed by atoms with van der Waals surface area (Å²) in [6.45, 7) is 6.73. The smallest absolute Gasteiger partial charge is 0.227 e. The van der Waals surface area contributed by atoms with Gasteiger partial charge in [0.15, 0.2) is 0 Å². The van der Waals surface area contributed by atoms with Crippen molar-refractivity contribution >= 4 is 11.6 Å². The summed E-state index contributed by atoms with van der Waals surface area (Å²) in [7, 11) is 0. The summed E-state index contributed by atoms with van der Waals surface area (Å²) in [5, 5.41) is 3.24. The average Bonchev–Trinajstić information content (AvgIpc) is 2.69. The molecule has 144 valence electrons. The Morgan fingerprint density at radius 3 is 2.56 bits per heavy atom. The van der Waals surface area contributed by atoms with Crippen LogP contribution >= 0.6 is 0 Å². The number of morpholine rings is 1. The van der Waals surface area contributed by atoms with Crippen LogP contribution in [0.15, 0.2) is 24.4 Å². The first-order chi connectivity index (χ1) is 13.2. The first-order valence-corrected chi connectivity index (χ1v) is 10.1. The van der Waals surface area contributed by atoms with Crippen LogP contribution in [0, 0.1) is 13.8 Å². The lowest BCUT2D eigenvalue weighted by atomic mass is 9.93. The molecule has 27 heavy (non-hydrogen) atoms. The topological polar surface area (TPSA) is 63.2 Å². The maximum atomic E-state index is 6.03. The minimum absolute atomic E-state index is 0.0622. The van der Waals surface area contributed by atoms with Crippen molar-refractivity contribution < 1.29 is 4.74 Å². The van der Waals surface area contributed by atoms with E-state index in [1.54, 1.807) is 0 Å². The van der Waals surface area contributed by atoms with Crippen molar-refractivity contribution in [2.75, 3.05) is 25.0 Å². The summed E-state index contributed by atoms with van der Waals surface area (Å²) >= 11 is 0. The number of ether oxygens (including phenoxy) is 1. The first-order valence-electron chi connectivity index (χ1n) is 10.1. The lowest BCUT2D eigenvalue weighted by molar-refractivity contribution is -0.0516. The van der Waals surface area contributed by atoms with Crippen molar-refractivity contribution in [3.05, 3.63) is 41.5 Å². The second kappa shape index (κ2) is 8.31. The number of hydrogen-bond donors (Lipinski definition) is 1. The van der Waals surface area contributed by atoms with Crippen LogP contribution in [0.2, 0.25) is 0 Å². The summed E-state index contributed by atoms with van der Waals surface area (Å²) < 4.78 is 6.03. The van der Waals surface area contributed by atoms with Crippen LogP contribution in [-0.4, -0.2) is 45.6 Å². The van der Waals surface area contributed by atoms with Gasteiger partial charge in [0.2, 0.25) is 5.95 Å². The van der Waals surface area contributed by atoms with Gasteiger partial charge in [-0.1, -0.05) is 19.3 Å². The van der Waals surface area contributed by atoms with E-state index in [4.69, 9.17) is 4.74 Å². The second-order valence-electron chi connectivity index (χ2n) is 7.72. The zero-order valence-corrected chi connectivity index (χ0v) is 16.3. The van der Waals surface area contributed by atoms with Gasteiger partial charge in [-0.25, -0.2) is 9.97 Å². The molecule has 1 atom stereocenters. The normalized spacial score (nSPS) is 21.9. The molecule has 1 saturated heterocycles. The molecule has 1 saturated carbocycles. The highest BCUT2D eigenvalue weighted by Crippen LogP contribution is 2.28. The van der Waals surface area contributed by atoms with Gasteiger partial charge in [0.05, 0.1) is 24.2 Å². The van der Waals surface area contributed by atoms with E-state index in [2.05, 4.69) is 31.2 Å². The van der Waals surface area contributed by atoms with E-state index in [-0.39, 0.29) is 6.10 Å². The number of anilines is 2.